The summed E-state index contributed by atoms with van der Waals surface area (Å²) in [6.45, 7) is 7.76. The Hall–Kier alpha value is -2.66. The van der Waals surface area contributed by atoms with Crippen LogP contribution in [0.15, 0.2) is 54.7 Å². The number of benzene rings is 2. The molecule has 1 aliphatic rings. The molecule has 2 aromatic carbocycles. The van der Waals surface area contributed by atoms with Crippen LogP contribution in [0, 0.1) is 0 Å². The molecule has 128 valence electrons. The summed E-state index contributed by atoms with van der Waals surface area (Å²) in [5.74, 6) is 0.631. The Morgan fingerprint density at radius 3 is 2.68 bits per heavy atom. The molecule has 1 fully saturated rings. The van der Waals surface area contributed by atoms with E-state index in [-0.39, 0.29) is 0 Å². The molecule has 1 aliphatic heterocycles. The van der Waals surface area contributed by atoms with Crippen molar-refractivity contribution in [3.05, 3.63) is 54.7 Å². The number of aromatic nitrogens is 2. The van der Waals surface area contributed by atoms with E-state index in [0.717, 1.165) is 49.3 Å². The molecule has 3 aromatic rings. The number of hydrogen-bond donors (Lipinski definition) is 1. The van der Waals surface area contributed by atoms with Crippen molar-refractivity contribution < 1.29 is 0 Å². The Morgan fingerprint density at radius 1 is 1.00 bits per heavy atom. The fourth-order valence-corrected chi connectivity index (χ4v) is 3.26. The van der Waals surface area contributed by atoms with E-state index in [1.165, 1.54) is 5.69 Å². The SMILES string of the molecule is CCN1CCN(c2cccc(Nc3ncc4ccccc4n3)c2)CC1. The van der Waals surface area contributed by atoms with E-state index < -0.39 is 0 Å². The van der Waals surface area contributed by atoms with Crippen molar-refractivity contribution in [3.63, 3.8) is 0 Å². The minimum Gasteiger partial charge on any atom is -0.369 e. The second-order valence-electron chi connectivity index (χ2n) is 6.35. The van der Waals surface area contributed by atoms with Gasteiger partial charge in [-0.25, -0.2) is 9.97 Å². The molecule has 0 amide bonds. The Balaban J connectivity index is 1.51. The molecule has 0 atom stereocenters. The molecule has 1 aromatic heterocycles. The molecule has 2 heterocycles. The largest absolute Gasteiger partial charge is 0.369 e. The van der Waals surface area contributed by atoms with Gasteiger partial charge in [0.2, 0.25) is 5.95 Å². The van der Waals surface area contributed by atoms with Crippen molar-refractivity contribution in [1.82, 2.24) is 14.9 Å². The highest BCUT2D eigenvalue weighted by molar-refractivity contribution is 5.79. The van der Waals surface area contributed by atoms with Gasteiger partial charge in [-0.1, -0.05) is 31.2 Å². The number of nitrogens with zero attached hydrogens (tertiary/aromatic N) is 4. The van der Waals surface area contributed by atoms with Gasteiger partial charge in [0.1, 0.15) is 0 Å². The van der Waals surface area contributed by atoms with Crippen LogP contribution in [0.25, 0.3) is 10.9 Å². The molecule has 5 nitrogen and oxygen atoms in total. The fourth-order valence-electron chi connectivity index (χ4n) is 3.26. The average molecular weight is 333 g/mol. The van der Waals surface area contributed by atoms with Gasteiger partial charge in [0.05, 0.1) is 5.52 Å². The van der Waals surface area contributed by atoms with Gasteiger partial charge in [-0.15, -0.1) is 0 Å². The highest BCUT2D eigenvalue weighted by atomic mass is 15.3. The van der Waals surface area contributed by atoms with E-state index in [0.29, 0.717) is 5.95 Å². The third-order valence-corrected chi connectivity index (χ3v) is 4.78. The summed E-state index contributed by atoms with van der Waals surface area (Å²) < 4.78 is 0. The summed E-state index contributed by atoms with van der Waals surface area (Å²) in [7, 11) is 0. The molecule has 0 bridgehead atoms. The predicted octanol–water partition coefficient (Wildman–Crippen LogP) is 3.52. The summed E-state index contributed by atoms with van der Waals surface area (Å²) in [6, 6.07) is 16.5. The second-order valence-corrected chi connectivity index (χ2v) is 6.35. The third kappa shape index (κ3) is 3.56. The molecule has 25 heavy (non-hydrogen) atoms. The third-order valence-electron chi connectivity index (χ3n) is 4.78. The van der Waals surface area contributed by atoms with Gasteiger partial charge in [0.25, 0.3) is 0 Å². The van der Waals surface area contributed by atoms with Gasteiger partial charge in [-0.3, -0.25) is 0 Å². The number of likely N-dealkylation sites (N-methyl/N-ethyl adjacent to an activating group) is 1. The van der Waals surface area contributed by atoms with Crippen molar-refractivity contribution in [2.45, 2.75) is 6.92 Å². The Morgan fingerprint density at radius 2 is 1.84 bits per heavy atom. The first kappa shape index (κ1) is 15.8. The molecule has 1 N–H and O–H groups in total. The van der Waals surface area contributed by atoms with Crippen molar-refractivity contribution in [2.75, 3.05) is 42.9 Å². The van der Waals surface area contributed by atoms with Gasteiger partial charge in [0.15, 0.2) is 0 Å². The average Bonchev–Trinajstić information content (AvgIpc) is 2.68. The Kier molecular flexibility index (Phi) is 4.48. The van der Waals surface area contributed by atoms with E-state index in [4.69, 9.17) is 0 Å². The molecule has 0 radical (unpaired) electrons. The summed E-state index contributed by atoms with van der Waals surface area (Å²) in [4.78, 5) is 13.9. The first-order chi connectivity index (χ1) is 12.3. The molecular weight excluding hydrogens is 310 g/mol. The summed E-state index contributed by atoms with van der Waals surface area (Å²) in [5, 5.41) is 4.39. The lowest BCUT2D eigenvalue weighted by atomic mass is 10.2. The highest BCUT2D eigenvalue weighted by Gasteiger charge is 2.16. The van der Waals surface area contributed by atoms with Gasteiger partial charge < -0.3 is 15.1 Å². The number of hydrogen-bond acceptors (Lipinski definition) is 5. The maximum absolute atomic E-state index is 4.59. The maximum Gasteiger partial charge on any atom is 0.227 e. The van der Waals surface area contributed by atoms with Gasteiger partial charge >= 0.3 is 0 Å². The minimum atomic E-state index is 0.631. The number of rotatable bonds is 4. The lowest BCUT2D eigenvalue weighted by Gasteiger charge is -2.35. The van der Waals surface area contributed by atoms with Crippen LogP contribution in [0.2, 0.25) is 0 Å². The first-order valence-corrected chi connectivity index (χ1v) is 8.88. The van der Waals surface area contributed by atoms with E-state index in [1.807, 2.05) is 30.5 Å². The molecule has 1 saturated heterocycles. The zero-order valence-corrected chi connectivity index (χ0v) is 14.5. The second kappa shape index (κ2) is 7.07. The molecule has 4 rings (SSSR count). The predicted molar refractivity (Wildman–Crippen MR) is 104 cm³/mol. The Labute approximate surface area is 148 Å². The highest BCUT2D eigenvalue weighted by Crippen LogP contribution is 2.23. The summed E-state index contributed by atoms with van der Waals surface area (Å²) in [5.41, 5.74) is 3.22. The van der Waals surface area contributed by atoms with Crippen molar-refractivity contribution in [2.24, 2.45) is 0 Å². The van der Waals surface area contributed by atoms with E-state index in [9.17, 15) is 0 Å². The molecular formula is C20H23N5. The van der Waals surface area contributed by atoms with Crippen LogP contribution in [-0.4, -0.2) is 47.6 Å². The minimum absolute atomic E-state index is 0.631. The van der Waals surface area contributed by atoms with Crippen LogP contribution in [0.4, 0.5) is 17.3 Å². The number of piperazine rings is 1. The van der Waals surface area contributed by atoms with Crippen LogP contribution < -0.4 is 10.2 Å². The van der Waals surface area contributed by atoms with Crippen LogP contribution in [-0.2, 0) is 0 Å². The normalized spacial score (nSPS) is 15.5. The van der Waals surface area contributed by atoms with E-state index in [2.05, 4.69) is 56.3 Å². The lowest BCUT2D eigenvalue weighted by molar-refractivity contribution is 0.271. The van der Waals surface area contributed by atoms with Crippen molar-refractivity contribution >= 4 is 28.2 Å². The molecule has 0 spiro atoms. The topological polar surface area (TPSA) is 44.3 Å². The molecule has 0 unspecified atom stereocenters. The van der Waals surface area contributed by atoms with Gasteiger partial charge in [-0.2, -0.15) is 0 Å². The lowest BCUT2D eigenvalue weighted by Crippen LogP contribution is -2.46. The van der Waals surface area contributed by atoms with Gasteiger partial charge in [-0.05, 0) is 30.8 Å². The van der Waals surface area contributed by atoms with Crippen LogP contribution in [0.1, 0.15) is 6.92 Å². The van der Waals surface area contributed by atoms with Crippen molar-refractivity contribution in [3.8, 4) is 0 Å². The maximum atomic E-state index is 4.59. The molecule has 0 aliphatic carbocycles. The quantitative estimate of drug-likeness (QED) is 0.791. The number of anilines is 3. The first-order valence-electron chi connectivity index (χ1n) is 8.88. The Bertz CT molecular complexity index is 855. The number of nitrogens with one attached hydrogen (secondary N) is 1. The summed E-state index contributed by atoms with van der Waals surface area (Å²) >= 11 is 0. The molecule has 0 saturated carbocycles. The monoisotopic (exact) mass is 333 g/mol. The van der Waals surface area contributed by atoms with E-state index >= 15 is 0 Å². The van der Waals surface area contributed by atoms with Gasteiger partial charge in [0, 0.05) is 49.1 Å². The zero-order valence-electron chi connectivity index (χ0n) is 14.5. The smallest absolute Gasteiger partial charge is 0.227 e. The number of para-hydroxylation sites is 1. The molecule has 5 heteroatoms. The zero-order chi connectivity index (χ0) is 17.1. The fraction of sp³-hybridized carbons (Fsp3) is 0.300. The van der Waals surface area contributed by atoms with Crippen LogP contribution in [0.5, 0.6) is 0 Å². The summed E-state index contributed by atoms with van der Waals surface area (Å²) in [6.07, 6.45) is 1.86. The van der Waals surface area contributed by atoms with Crippen LogP contribution in [0.3, 0.4) is 0 Å². The van der Waals surface area contributed by atoms with Crippen LogP contribution >= 0.6 is 0 Å². The number of fused-ring (bicyclic) bond motifs is 1. The van der Waals surface area contributed by atoms with Crippen molar-refractivity contribution in [1.29, 1.82) is 0 Å². The standard InChI is InChI=1S/C20H23N5/c1-2-24-10-12-25(13-11-24)18-8-5-7-17(14-18)22-20-21-15-16-6-3-4-9-19(16)23-20/h3-9,14-15H,2,10-13H2,1H3,(H,21,22,23). The van der Waals surface area contributed by atoms with E-state index in [1.54, 1.807) is 0 Å².